The summed E-state index contributed by atoms with van der Waals surface area (Å²) in [5, 5.41) is 7.86. The highest BCUT2D eigenvalue weighted by Gasteiger charge is 2.00. The molecule has 0 fully saturated rings. The van der Waals surface area contributed by atoms with E-state index >= 15 is 0 Å². The van der Waals surface area contributed by atoms with Crippen molar-refractivity contribution >= 4 is 41.3 Å². The summed E-state index contributed by atoms with van der Waals surface area (Å²) in [5.74, 6) is 0.862. The Kier molecular flexibility index (Phi) is 9.86. The molecule has 0 saturated carbocycles. The summed E-state index contributed by atoms with van der Waals surface area (Å²) in [4.78, 5) is 9.87. The lowest BCUT2D eigenvalue weighted by Crippen LogP contribution is -2.38. The van der Waals surface area contributed by atoms with Crippen LogP contribution in [0.5, 0.6) is 0 Å². The molecule has 0 aliphatic carbocycles. The molecule has 1 aromatic carbocycles. The second-order valence-corrected chi connectivity index (χ2v) is 6.45. The zero-order chi connectivity index (χ0) is 15.6. The number of aryl methyl sites for hydroxylation is 2. The Balaban J connectivity index is 0.00000264. The van der Waals surface area contributed by atoms with Crippen LogP contribution in [0.1, 0.15) is 21.9 Å². The van der Waals surface area contributed by atoms with Gasteiger partial charge in [-0.15, -0.1) is 35.3 Å². The molecule has 2 aromatic rings. The van der Waals surface area contributed by atoms with Crippen LogP contribution in [0.25, 0.3) is 0 Å². The van der Waals surface area contributed by atoms with Gasteiger partial charge in [-0.1, -0.05) is 30.3 Å². The first-order valence-corrected chi connectivity index (χ1v) is 8.49. The molecule has 0 saturated heterocycles. The fourth-order valence-electron chi connectivity index (χ4n) is 2.17. The molecule has 2 rings (SSSR count). The SMILES string of the molecule is CN=C(NCCCc1ccccc1)NCCc1ncc(C)s1.I. The van der Waals surface area contributed by atoms with Gasteiger partial charge in [-0.3, -0.25) is 4.99 Å². The first-order valence-electron chi connectivity index (χ1n) is 7.67. The van der Waals surface area contributed by atoms with E-state index in [2.05, 4.69) is 57.9 Å². The fourth-order valence-corrected chi connectivity index (χ4v) is 2.96. The summed E-state index contributed by atoms with van der Waals surface area (Å²) in [6, 6.07) is 10.6. The van der Waals surface area contributed by atoms with Gasteiger partial charge in [0.15, 0.2) is 5.96 Å². The minimum atomic E-state index is 0. The van der Waals surface area contributed by atoms with E-state index in [0.717, 1.165) is 38.3 Å². The van der Waals surface area contributed by atoms with Crippen LogP contribution in [-0.2, 0) is 12.8 Å². The van der Waals surface area contributed by atoms with Crippen molar-refractivity contribution in [3.8, 4) is 0 Å². The van der Waals surface area contributed by atoms with E-state index in [4.69, 9.17) is 0 Å². The molecule has 126 valence electrons. The first-order chi connectivity index (χ1) is 10.8. The third kappa shape index (κ3) is 7.78. The first kappa shape index (κ1) is 19.9. The minimum Gasteiger partial charge on any atom is -0.356 e. The molecule has 2 N–H and O–H groups in total. The van der Waals surface area contributed by atoms with Crippen molar-refractivity contribution in [2.75, 3.05) is 20.1 Å². The number of thiazole rings is 1. The third-order valence-electron chi connectivity index (χ3n) is 3.30. The number of hydrogen-bond acceptors (Lipinski definition) is 3. The summed E-state index contributed by atoms with van der Waals surface area (Å²) in [6.07, 6.45) is 5.04. The summed E-state index contributed by atoms with van der Waals surface area (Å²) in [7, 11) is 1.81. The number of nitrogens with one attached hydrogen (secondary N) is 2. The van der Waals surface area contributed by atoms with Crippen molar-refractivity contribution in [1.29, 1.82) is 0 Å². The van der Waals surface area contributed by atoms with Crippen molar-refractivity contribution < 1.29 is 0 Å². The van der Waals surface area contributed by atoms with E-state index in [0.29, 0.717) is 0 Å². The molecule has 0 radical (unpaired) electrons. The van der Waals surface area contributed by atoms with Gasteiger partial charge in [0.2, 0.25) is 0 Å². The number of hydrogen-bond donors (Lipinski definition) is 2. The highest BCUT2D eigenvalue weighted by atomic mass is 127. The number of halogens is 1. The maximum Gasteiger partial charge on any atom is 0.190 e. The molecule has 1 aromatic heterocycles. The Hall–Kier alpha value is -1.15. The summed E-state index contributed by atoms with van der Waals surface area (Å²) in [5.41, 5.74) is 1.38. The predicted molar refractivity (Wildman–Crippen MR) is 110 cm³/mol. The van der Waals surface area contributed by atoms with Crippen LogP contribution in [0.4, 0.5) is 0 Å². The Morgan fingerprint density at radius 2 is 1.87 bits per heavy atom. The molecule has 1 heterocycles. The van der Waals surface area contributed by atoms with Crippen LogP contribution in [0.15, 0.2) is 41.5 Å². The Morgan fingerprint density at radius 3 is 2.52 bits per heavy atom. The number of nitrogens with zero attached hydrogens (tertiary/aromatic N) is 2. The van der Waals surface area contributed by atoms with E-state index < -0.39 is 0 Å². The van der Waals surface area contributed by atoms with Gasteiger partial charge in [-0.25, -0.2) is 4.98 Å². The van der Waals surface area contributed by atoms with E-state index in [1.165, 1.54) is 15.4 Å². The number of rotatable bonds is 7. The number of benzene rings is 1. The molecule has 0 amide bonds. The van der Waals surface area contributed by atoms with Crippen LogP contribution in [0.3, 0.4) is 0 Å². The second-order valence-electron chi connectivity index (χ2n) is 5.13. The maximum absolute atomic E-state index is 4.37. The molecule has 0 bridgehead atoms. The molecule has 23 heavy (non-hydrogen) atoms. The van der Waals surface area contributed by atoms with Gasteiger partial charge in [-0.2, -0.15) is 0 Å². The van der Waals surface area contributed by atoms with Gasteiger partial charge in [-0.05, 0) is 25.3 Å². The van der Waals surface area contributed by atoms with Gasteiger partial charge in [0.05, 0.1) is 5.01 Å². The van der Waals surface area contributed by atoms with E-state index in [1.807, 2.05) is 6.20 Å². The molecular weight excluding hydrogens is 419 g/mol. The minimum absolute atomic E-state index is 0. The van der Waals surface area contributed by atoms with E-state index in [9.17, 15) is 0 Å². The zero-order valence-electron chi connectivity index (χ0n) is 13.7. The van der Waals surface area contributed by atoms with Gasteiger partial charge >= 0.3 is 0 Å². The molecule has 0 aliphatic rings. The topological polar surface area (TPSA) is 49.3 Å². The number of guanidine groups is 1. The normalized spacial score (nSPS) is 11.0. The van der Waals surface area contributed by atoms with Crippen molar-refractivity contribution in [2.24, 2.45) is 4.99 Å². The van der Waals surface area contributed by atoms with Crippen LogP contribution in [0, 0.1) is 6.92 Å². The van der Waals surface area contributed by atoms with Gasteiger partial charge in [0, 0.05) is 37.6 Å². The van der Waals surface area contributed by atoms with Crippen molar-refractivity contribution in [3.63, 3.8) is 0 Å². The Bertz CT molecular complexity index is 583. The fraction of sp³-hybridized carbons (Fsp3) is 0.412. The third-order valence-corrected chi connectivity index (χ3v) is 4.27. The average molecular weight is 444 g/mol. The lowest BCUT2D eigenvalue weighted by Gasteiger charge is -2.11. The molecule has 0 atom stereocenters. The highest BCUT2D eigenvalue weighted by molar-refractivity contribution is 14.0. The van der Waals surface area contributed by atoms with Crippen molar-refractivity contribution in [3.05, 3.63) is 52.0 Å². The van der Waals surface area contributed by atoms with Crippen molar-refractivity contribution in [1.82, 2.24) is 15.6 Å². The summed E-state index contributed by atoms with van der Waals surface area (Å²) < 4.78 is 0. The monoisotopic (exact) mass is 444 g/mol. The smallest absolute Gasteiger partial charge is 0.190 e. The van der Waals surface area contributed by atoms with Crippen LogP contribution in [-0.4, -0.2) is 31.1 Å². The number of aromatic nitrogens is 1. The molecule has 0 aliphatic heterocycles. The van der Waals surface area contributed by atoms with Gasteiger partial charge < -0.3 is 10.6 Å². The van der Waals surface area contributed by atoms with Crippen LogP contribution >= 0.6 is 35.3 Å². The summed E-state index contributed by atoms with van der Waals surface area (Å²) in [6.45, 7) is 3.86. The van der Waals surface area contributed by atoms with Crippen LogP contribution in [0.2, 0.25) is 0 Å². The zero-order valence-corrected chi connectivity index (χ0v) is 16.9. The molecular formula is C17H25IN4S. The van der Waals surface area contributed by atoms with E-state index in [-0.39, 0.29) is 24.0 Å². The summed E-state index contributed by atoms with van der Waals surface area (Å²) >= 11 is 1.75. The lowest BCUT2D eigenvalue weighted by atomic mass is 10.1. The van der Waals surface area contributed by atoms with Gasteiger partial charge in [0.25, 0.3) is 0 Å². The standard InChI is InChI=1S/C17H24N4S.HI/c1-14-13-21-16(22-14)10-12-20-17(18-2)19-11-6-9-15-7-4-3-5-8-15;/h3-5,7-8,13H,6,9-12H2,1-2H3,(H2,18,19,20);1H. The van der Waals surface area contributed by atoms with Crippen molar-refractivity contribution in [2.45, 2.75) is 26.2 Å². The largest absolute Gasteiger partial charge is 0.356 e. The molecule has 0 spiro atoms. The molecule has 4 nitrogen and oxygen atoms in total. The predicted octanol–water partition coefficient (Wildman–Crippen LogP) is 3.41. The maximum atomic E-state index is 4.37. The Labute approximate surface area is 159 Å². The molecule has 6 heteroatoms. The van der Waals surface area contributed by atoms with E-state index in [1.54, 1.807) is 18.4 Å². The Morgan fingerprint density at radius 1 is 1.13 bits per heavy atom. The second kappa shape index (κ2) is 11.4. The quantitative estimate of drug-likeness (QED) is 0.298. The van der Waals surface area contributed by atoms with Crippen LogP contribution < -0.4 is 10.6 Å². The number of aliphatic imine (C=N–C) groups is 1. The lowest BCUT2D eigenvalue weighted by molar-refractivity contribution is 0.738. The molecule has 0 unspecified atom stereocenters. The highest BCUT2D eigenvalue weighted by Crippen LogP contribution is 2.10. The van der Waals surface area contributed by atoms with Gasteiger partial charge in [0.1, 0.15) is 0 Å². The average Bonchev–Trinajstić information content (AvgIpc) is 2.96.